The molecule has 10 heteroatoms. The third-order valence-electron chi connectivity index (χ3n) is 4.15. The summed E-state index contributed by atoms with van der Waals surface area (Å²) in [7, 11) is 1.21. The molecule has 0 saturated heterocycles. The highest BCUT2D eigenvalue weighted by atomic mass is 32.2. The van der Waals surface area contributed by atoms with Gasteiger partial charge in [0.15, 0.2) is 10.0 Å². The molecule has 3 rings (SSSR count). The number of nitrogens with zero attached hydrogens (tertiary/aromatic N) is 2. The van der Waals surface area contributed by atoms with E-state index in [0.29, 0.717) is 5.01 Å². The average Bonchev–Trinajstić information content (AvgIpc) is 3.22. The summed E-state index contributed by atoms with van der Waals surface area (Å²) >= 11 is 1.11. The standard InChI is InChI=1S/C21H19N3O5S2/c1-24(2)16-8-4-14(5-9-16)6-11-19-22-20(13-30-19)31(27,28)23-17-10-7-15(21(25)26)12-18(17)29-3/h4-5,7-10,12-13,23H,1-3H3,(H,25,26). The Morgan fingerprint density at radius 3 is 2.48 bits per heavy atom. The number of hydrogen-bond acceptors (Lipinski definition) is 7. The van der Waals surface area contributed by atoms with E-state index < -0.39 is 16.0 Å². The minimum Gasteiger partial charge on any atom is -0.495 e. The number of benzene rings is 2. The molecule has 1 heterocycles. The minimum atomic E-state index is -4.01. The van der Waals surface area contributed by atoms with Gasteiger partial charge in [-0.3, -0.25) is 4.72 Å². The number of carboxylic acids is 1. The lowest BCUT2D eigenvalue weighted by Gasteiger charge is -2.11. The summed E-state index contributed by atoms with van der Waals surface area (Å²) in [5.74, 6) is 4.77. The summed E-state index contributed by atoms with van der Waals surface area (Å²) in [6.45, 7) is 0. The second kappa shape index (κ2) is 9.07. The second-order valence-electron chi connectivity index (χ2n) is 6.51. The molecule has 2 N–H and O–H groups in total. The highest BCUT2D eigenvalue weighted by Crippen LogP contribution is 2.28. The Bertz CT molecular complexity index is 1270. The van der Waals surface area contributed by atoms with Crippen LogP contribution in [0, 0.1) is 11.8 Å². The van der Waals surface area contributed by atoms with Gasteiger partial charge < -0.3 is 14.7 Å². The van der Waals surface area contributed by atoms with Gasteiger partial charge in [0.05, 0.1) is 18.4 Å². The number of sulfonamides is 1. The quantitative estimate of drug-likeness (QED) is 0.548. The van der Waals surface area contributed by atoms with E-state index in [9.17, 15) is 13.2 Å². The molecule has 0 bridgehead atoms. The topological polar surface area (TPSA) is 109 Å². The molecule has 0 radical (unpaired) electrons. The van der Waals surface area contributed by atoms with Gasteiger partial charge in [-0.15, -0.1) is 11.3 Å². The molecule has 0 fully saturated rings. The van der Waals surface area contributed by atoms with Crippen molar-refractivity contribution in [3.8, 4) is 17.6 Å². The highest BCUT2D eigenvalue weighted by molar-refractivity contribution is 7.92. The van der Waals surface area contributed by atoms with Crippen molar-refractivity contribution in [1.29, 1.82) is 0 Å². The number of carbonyl (C=O) groups is 1. The van der Waals surface area contributed by atoms with Crippen LogP contribution in [0.15, 0.2) is 52.9 Å². The molecule has 0 aliphatic heterocycles. The lowest BCUT2D eigenvalue weighted by atomic mass is 10.2. The molecule has 160 valence electrons. The van der Waals surface area contributed by atoms with E-state index in [4.69, 9.17) is 9.84 Å². The van der Waals surface area contributed by atoms with Crippen molar-refractivity contribution in [1.82, 2.24) is 4.98 Å². The van der Waals surface area contributed by atoms with Gasteiger partial charge in [-0.2, -0.15) is 8.42 Å². The van der Waals surface area contributed by atoms with Crippen LogP contribution in [0.25, 0.3) is 0 Å². The van der Waals surface area contributed by atoms with Crippen LogP contribution in [-0.2, 0) is 10.0 Å². The molecule has 0 spiro atoms. The van der Waals surface area contributed by atoms with Crippen LogP contribution >= 0.6 is 11.3 Å². The molecular weight excluding hydrogens is 438 g/mol. The third-order valence-corrected chi connectivity index (χ3v) is 6.30. The molecule has 2 aromatic carbocycles. The van der Waals surface area contributed by atoms with E-state index in [2.05, 4.69) is 21.5 Å². The molecule has 0 aliphatic rings. The number of nitrogens with one attached hydrogen (secondary N) is 1. The van der Waals surface area contributed by atoms with Crippen LogP contribution in [0.3, 0.4) is 0 Å². The van der Waals surface area contributed by atoms with Gasteiger partial charge in [0.2, 0.25) is 0 Å². The molecular formula is C21H19N3O5S2. The van der Waals surface area contributed by atoms with Crippen LogP contribution in [0.2, 0.25) is 0 Å². The molecule has 8 nitrogen and oxygen atoms in total. The van der Waals surface area contributed by atoms with E-state index in [1.165, 1.54) is 30.7 Å². The number of thiazole rings is 1. The van der Waals surface area contributed by atoms with Crippen molar-refractivity contribution >= 4 is 38.7 Å². The number of ether oxygens (including phenoxy) is 1. The van der Waals surface area contributed by atoms with Crippen molar-refractivity contribution in [2.45, 2.75) is 5.03 Å². The van der Waals surface area contributed by atoms with Gasteiger partial charge in [0.25, 0.3) is 10.0 Å². The van der Waals surface area contributed by atoms with Crippen molar-refractivity contribution in [2.24, 2.45) is 0 Å². The van der Waals surface area contributed by atoms with Gasteiger partial charge in [0, 0.05) is 30.7 Å². The first-order valence-corrected chi connectivity index (χ1v) is 11.2. The maximum atomic E-state index is 12.7. The predicted molar refractivity (Wildman–Crippen MR) is 120 cm³/mol. The zero-order valence-corrected chi connectivity index (χ0v) is 18.5. The fraction of sp³-hybridized carbons (Fsp3) is 0.143. The second-order valence-corrected chi connectivity index (χ2v) is 9.00. The first-order valence-electron chi connectivity index (χ1n) is 8.88. The maximum Gasteiger partial charge on any atom is 0.335 e. The number of anilines is 2. The van der Waals surface area contributed by atoms with E-state index in [1.807, 2.05) is 43.3 Å². The third kappa shape index (κ3) is 5.33. The molecule has 0 atom stereocenters. The molecule has 0 unspecified atom stereocenters. The van der Waals surface area contributed by atoms with Crippen molar-refractivity contribution in [3.05, 3.63) is 64.0 Å². The lowest BCUT2D eigenvalue weighted by molar-refractivity contribution is 0.0696. The minimum absolute atomic E-state index is 0.0235. The Hall–Kier alpha value is -3.55. The maximum absolute atomic E-state index is 12.7. The summed E-state index contributed by atoms with van der Waals surface area (Å²) in [4.78, 5) is 17.2. The zero-order valence-electron chi connectivity index (χ0n) is 16.9. The van der Waals surface area contributed by atoms with E-state index in [0.717, 1.165) is 22.6 Å². The SMILES string of the molecule is COc1cc(C(=O)O)ccc1NS(=O)(=O)c1csc(C#Cc2ccc(N(C)C)cc2)n1. The number of carboxylic acid groups (broad SMARTS) is 1. The zero-order chi connectivity index (χ0) is 22.6. The molecule has 3 aromatic rings. The van der Waals surface area contributed by atoms with Crippen LogP contribution in [0.1, 0.15) is 20.9 Å². The first kappa shape index (κ1) is 22.1. The molecule has 0 saturated carbocycles. The summed E-state index contributed by atoms with van der Waals surface area (Å²) < 4.78 is 32.8. The largest absolute Gasteiger partial charge is 0.495 e. The van der Waals surface area contributed by atoms with Gasteiger partial charge in [-0.1, -0.05) is 5.92 Å². The Morgan fingerprint density at radius 2 is 1.87 bits per heavy atom. The van der Waals surface area contributed by atoms with Crippen LogP contribution in [0.4, 0.5) is 11.4 Å². The van der Waals surface area contributed by atoms with Crippen LogP contribution < -0.4 is 14.4 Å². The molecule has 0 aliphatic carbocycles. The van der Waals surface area contributed by atoms with Gasteiger partial charge in [-0.05, 0) is 48.4 Å². The normalized spacial score (nSPS) is 10.7. The number of aromatic carboxylic acids is 1. The van der Waals surface area contributed by atoms with Gasteiger partial charge >= 0.3 is 5.97 Å². The van der Waals surface area contributed by atoms with Gasteiger partial charge in [0.1, 0.15) is 5.75 Å². The fourth-order valence-electron chi connectivity index (χ4n) is 2.51. The first-order chi connectivity index (χ1) is 14.7. The Morgan fingerprint density at radius 1 is 1.16 bits per heavy atom. The summed E-state index contributed by atoms with van der Waals surface area (Å²) in [5, 5.41) is 10.6. The van der Waals surface area contributed by atoms with Crippen molar-refractivity contribution in [2.75, 3.05) is 30.8 Å². The Balaban J connectivity index is 1.80. The average molecular weight is 458 g/mol. The monoisotopic (exact) mass is 457 g/mol. The van der Waals surface area contributed by atoms with Crippen LogP contribution in [-0.4, -0.2) is 45.7 Å². The molecule has 31 heavy (non-hydrogen) atoms. The van der Waals surface area contributed by atoms with E-state index in [-0.39, 0.29) is 22.0 Å². The number of methoxy groups -OCH3 is 1. The van der Waals surface area contributed by atoms with E-state index in [1.54, 1.807) is 0 Å². The summed E-state index contributed by atoms with van der Waals surface area (Å²) in [6, 6.07) is 11.5. The highest BCUT2D eigenvalue weighted by Gasteiger charge is 2.20. The fourth-order valence-corrected chi connectivity index (χ4v) is 4.52. The molecule has 0 amide bonds. The summed E-state index contributed by atoms with van der Waals surface area (Å²) in [5.41, 5.74) is 1.91. The lowest BCUT2D eigenvalue weighted by Crippen LogP contribution is -2.14. The number of rotatable bonds is 6. The number of aromatic nitrogens is 1. The number of hydrogen-bond donors (Lipinski definition) is 2. The molecule has 1 aromatic heterocycles. The Labute approximate surface area is 184 Å². The Kier molecular flexibility index (Phi) is 6.48. The van der Waals surface area contributed by atoms with Gasteiger partial charge in [-0.25, -0.2) is 9.78 Å². The predicted octanol–water partition coefficient (Wildman–Crippen LogP) is 3.12. The van der Waals surface area contributed by atoms with Crippen LogP contribution in [0.5, 0.6) is 5.75 Å². The smallest absolute Gasteiger partial charge is 0.335 e. The summed E-state index contributed by atoms with van der Waals surface area (Å²) in [6.07, 6.45) is 0. The van der Waals surface area contributed by atoms with Crippen molar-refractivity contribution in [3.63, 3.8) is 0 Å². The van der Waals surface area contributed by atoms with E-state index >= 15 is 0 Å². The van der Waals surface area contributed by atoms with Crippen molar-refractivity contribution < 1.29 is 23.1 Å².